The SMILES string of the molecule is CCCCC(CC)CN1C(=O)NC(=O)C12CCCC2. The van der Waals surface area contributed by atoms with Crippen molar-refractivity contribution in [3.63, 3.8) is 0 Å². The molecule has 2 rings (SSSR count). The first-order valence-electron chi connectivity index (χ1n) is 7.77. The van der Waals surface area contributed by atoms with E-state index in [1.54, 1.807) is 0 Å². The van der Waals surface area contributed by atoms with Crippen LogP contribution in [0.3, 0.4) is 0 Å². The first-order valence-corrected chi connectivity index (χ1v) is 7.77. The van der Waals surface area contributed by atoms with E-state index in [0.717, 1.165) is 45.1 Å². The lowest BCUT2D eigenvalue weighted by molar-refractivity contribution is -0.126. The summed E-state index contributed by atoms with van der Waals surface area (Å²) in [5, 5.41) is 2.53. The highest BCUT2D eigenvalue weighted by atomic mass is 16.2. The molecule has 1 spiro atoms. The van der Waals surface area contributed by atoms with Gasteiger partial charge in [0.2, 0.25) is 0 Å². The monoisotopic (exact) mass is 266 g/mol. The molecular formula is C15H26N2O2. The molecule has 1 aliphatic carbocycles. The molecule has 1 heterocycles. The average Bonchev–Trinajstić information content (AvgIpc) is 2.96. The third-order valence-corrected chi connectivity index (χ3v) is 4.82. The molecule has 1 saturated heterocycles. The van der Waals surface area contributed by atoms with Crippen molar-refractivity contribution < 1.29 is 9.59 Å². The van der Waals surface area contributed by atoms with Crippen molar-refractivity contribution >= 4 is 11.9 Å². The van der Waals surface area contributed by atoms with Gasteiger partial charge in [0.05, 0.1) is 0 Å². The van der Waals surface area contributed by atoms with E-state index in [4.69, 9.17) is 0 Å². The molecule has 1 aliphatic heterocycles. The fourth-order valence-electron chi connectivity index (χ4n) is 3.49. The van der Waals surface area contributed by atoms with E-state index in [2.05, 4.69) is 19.2 Å². The maximum Gasteiger partial charge on any atom is 0.325 e. The zero-order chi connectivity index (χ0) is 13.9. The molecule has 1 N–H and O–H groups in total. The second kappa shape index (κ2) is 5.93. The molecule has 0 aromatic rings. The van der Waals surface area contributed by atoms with Crippen LogP contribution in [0.1, 0.15) is 65.2 Å². The maximum atomic E-state index is 12.1. The normalized spacial score (nSPS) is 23.2. The van der Waals surface area contributed by atoms with Crippen molar-refractivity contribution in [2.75, 3.05) is 6.54 Å². The van der Waals surface area contributed by atoms with Crippen molar-refractivity contribution in [1.82, 2.24) is 10.2 Å². The van der Waals surface area contributed by atoms with Gasteiger partial charge < -0.3 is 4.90 Å². The zero-order valence-corrected chi connectivity index (χ0v) is 12.2. The Morgan fingerprint density at radius 1 is 1.26 bits per heavy atom. The van der Waals surface area contributed by atoms with Crippen LogP contribution in [-0.4, -0.2) is 28.9 Å². The lowest BCUT2D eigenvalue weighted by Crippen LogP contribution is -2.49. The first-order chi connectivity index (χ1) is 9.14. The van der Waals surface area contributed by atoms with Crippen LogP contribution in [0.4, 0.5) is 4.79 Å². The number of amides is 3. The number of hydrogen-bond donors (Lipinski definition) is 1. The molecule has 0 aromatic carbocycles. The van der Waals surface area contributed by atoms with Gasteiger partial charge in [0, 0.05) is 6.54 Å². The Morgan fingerprint density at radius 3 is 2.53 bits per heavy atom. The molecule has 4 nitrogen and oxygen atoms in total. The highest BCUT2D eigenvalue weighted by Gasteiger charge is 2.54. The summed E-state index contributed by atoms with van der Waals surface area (Å²) in [6.45, 7) is 5.11. The predicted molar refractivity (Wildman–Crippen MR) is 74.7 cm³/mol. The van der Waals surface area contributed by atoms with Crippen LogP contribution in [0.2, 0.25) is 0 Å². The summed E-state index contributed by atoms with van der Waals surface area (Å²) >= 11 is 0. The first kappa shape index (κ1) is 14.4. The van der Waals surface area contributed by atoms with Gasteiger partial charge in [-0.25, -0.2) is 4.79 Å². The maximum absolute atomic E-state index is 12.1. The number of carbonyl (C=O) groups excluding carboxylic acids is 2. The van der Waals surface area contributed by atoms with Gasteiger partial charge in [-0.2, -0.15) is 0 Å². The molecule has 3 amide bonds. The number of unbranched alkanes of at least 4 members (excludes halogenated alkanes) is 1. The quantitative estimate of drug-likeness (QED) is 0.751. The molecule has 19 heavy (non-hydrogen) atoms. The Kier molecular flexibility index (Phi) is 4.48. The number of imide groups is 1. The second-order valence-corrected chi connectivity index (χ2v) is 6.03. The smallest absolute Gasteiger partial charge is 0.309 e. The molecule has 4 heteroatoms. The molecule has 1 unspecified atom stereocenters. The van der Waals surface area contributed by atoms with E-state index < -0.39 is 5.54 Å². The van der Waals surface area contributed by atoms with Crippen LogP contribution in [0.15, 0.2) is 0 Å². The lowest BCUT2D eigenvalue weighted by atomic mass is 9.92. The van der Waals surface area contributed by atoms with Crippen LogP contribution in [-0.2, 0) is 4.79 Å². The largest absolute Gasteiger partial charge is 0.325 e. The number of nitrogens with one attached hydrogen (secondary N) is 1. The van der Waals surface area contributed by atoms with Gasteiger partial charge in [0.15, 0.2) is 0 Å². The Hall–Kier alpha value is -1.06. The van der Waals surface area contributed by atoms with Gasteiger partial charge >= 0.3 is 6.03 Å². The third kappa shape index (κ3) is 2.63. The van der Waals surface area contributed by atoms with E-state index in [1.807, 2.05) is 4.90 Å². The minimum atomic E-state index is -0.503. The summed E-state index contributed by atoms with van der Waals surface area (Å²) in [6, 6.07) is -0.165. The van der Waals surface area contributed by atoms with Gasteiger partial charge in [0.25, 0.3) is 5.91 Å². The number of urea groups is 1. The van der Waals surface area contributed by atoms with Crippen molar-refractivity contribution in [3.05, 3.63) is 0 Å². The van der Waals surface area contributed by atoms with Crippen LogP contribution in [0, 0.1) is 5.92 Å². The molecule has 0 bridgehead atoms. The Morgan fingerprint density at radius 2 is 1.95 bits per heavy atom. The molecule has 2 fully saturated rings. The fourth-order valence-corrected chi connectivity index (χ4v) is 3.49. The topological polar surface area (TPSA) is 49.4 Å². The second-order valence-electron chi connectivity index (χ2n) is 6.03. The van der Waals surface area contributed by atoms with Gasteiger partial charge in [-0.3, -0.25) is 10.1 Å². The molecular weight excluding hydrogens is 240 g/mol. The Bertz CT molecular complexity index is 348. The van der Waals surface area contributed by atoms with E-state index in [9.17, 15) is 9.59 Å². The van der Waals surface area contributed by atoms with Crippen LogP contribution < -0.4 is 5.32 Å². The summed E-state index contributed by atoms with van der Waals surface area (Å²) in [5.74, 6) is 0.467. The lowest BCUT2D eigenvalue weighted by Gasteiger charge is -2.34. The third-order valence-electron chi connectivity index (χ3n) is 4.82. The number of carbonyl (C=O) groups is 2. The standard InChI is InChI=1S/C15H26N2O2/c1-3-5-8-12(4-2)11-17-14(19)16-13(18)15(17)9-6-7-10-15/h12H,3-11H2,1-2H3,(H,16,18,19). The summed E-state index contributed by atoms with van der Waals surface area (Å²) < 4.78 is 0. The summed E-state index contributed by atoms with van der Waals surface area (Å²) in [5.41, 5.74) is -0.503. The van der Waals surface area contributed by atoms with E-state index >= 15 is 0 Å². The number of rotatable bonds is 6. The molecule has 1 atom stereocenters. The molecule has 0 radical (unpaired) electrons. The van der Waals surface area contributed by atoms with Crippen molar-refractivity contribution in [1.29, 1.82) is 0 Å². The zero-order valence-electron chi connectivity index (χ0n) is 12.2. The van der Waals surface area contributed by atoms with E-state index in [0.29, 0.717) is 5.92 Å². The summed E-state index contributed by atoms with van der Waals surface area (Å²) in [6.07, 6.45) is 8.42. The highest BCUT2D eigenvalue weighted by molar-refractivity contribution is 6.07. The van der Waals surface area contributed by atoms with Crippen LogP contribution in [0.5, 0.6) is 0 Å². The van der Waals surface area contributed by atoms with Crippen molar-refractivity contribution in [2.24, 2.45) is 5.92 Å². The highest BCUT2D eigenvalue weighted by Crippen LogP contribution is 2.39. The number of nitrogens with zero attached hydrogens (tertiary/aromatic N) is 1. The van der Waals surface area contributed by atoms with Gasteiger partial charge in [-0.1, -0.05) is 46.0 Å². The Labute approximate surface area is 115 Å². The average molecular weight is 266 g/mol. The molecule has 1 saturated carbocycles. The minimum absolute atomic E-state index is 0.0552. The number of hydrogen-bond acceptors (Lipinski definition) is 2. The van der Waals surface area contributed by atoms with Crippen LogP contribution in [0.25, 0.3) is 0 Å². The van der Waals surface area contributed by atoms with Crippen LogP contribution >= 0.6 is 0 Å². The summed E-state index contributed by atoms with van der Waals surface area (Å²) in [7, 11) is 0. The minimum Gasteiger partial charge on any atom is -0.309 e. The fraction of sp³-hybridized carbons (Fsp3) is 0.867. The van der Waals surface area contributed by atoms with E-state index in [1.165, 1.54) is 12.8 Å². The molecule has 2 aliphatic rings. The summed E-state index contributed by atoms with van der Waals surface area (Å²) in [4.78, 5) is 26.0. The van der Waals surface area contributed by atoms with Crippen molar-refractivity contribution in [2.45, 2.75) is 70.8 Å². The van der Waals surface area contributed by atoms with Crippen molar-refractivity contribution in [3.8, 4) is 0 Å². The Balaban J connectivity index is 2.07. The molecule has 0 aromatic heterocycles. The van der Waals surface area contributed by atoms with Gasteiger partial charge in [0.1, 0.15) is 5.54 Å². The van der Waals surface area contributed by atoms with E-state index in [-0.39, 0.29) is 11.9 Å². The predicted octanol–water partition coefficient (Wildman–Crippen LogP) is 3.07. The van der Waals surface area contributed by atoms with Gasteiger partial charge in [-0.05, 0) is 25.2 Å². The molecule has 108 valence electrons. The van der Waals surface area contributed by atoms with Gasteiger partial charge in [-0.15, -0.1) is 0 Å².